The van der Waals surface area contributed by atoms with Gasteiger partial charge in [0.05, 0.1) is 12.0 Å². The highest BCUT2D eigenvalue weighted by Gasteiger charge is 2.32. The Labute approximate surface area is 281 Å². The molecule has 1 fully saturated rings. The number of hydrogen-bond acceptors (Lipinski definition) is 7. The molecule has 6 rings (SSSR count). The van der Waals surface area contributed by atoms with E-state index in [0.29, 0.717) is 42.3 Å². The van der Waals surface area contributed by atoms with Crippen LogP contribution in [0.5, 0.6) is 17.2 Å². The van der Waals surface area contributed by atoms with Gasteiger partial charge in [0.2, 0.25) is 28.6 Å². The molecule has 2 aliphatic heterocycles. The minimum atomic E-state index is -3.53. The zero-order valence-electron chi connectivity index (χ0n) is 26.8. The first-order valence-electron chi connectivity index (χ1n) is 16.0. The topological polar surface area (TPSA) is 114 Å². The lowest BCUT2D eigenvalue weighted by Crippen LogP contribution is -2.43. The van der Waals surface area contributed by atoms with Gasteiger partial charge in [0.15, 0.2) is 11.5 Å². The van der Waals surface area contributed by atoms with E-state index in [1.165, 1.54) is 4.31 Å². The molecule has 0 unspecified atom stereocenters. The van der Waals surface area contributed by atoms with E-state index in [0.717, 1.165) is 29.5 Å². The molecular formula is C37H39N3O7S. The fourth-order valence-electron chi connectivity index (χ4n) is 6.00. The van der Waals surface area contributed by atoms with Crippen molar-refractivity contribution >= 4 is 21.8 Å². The molecule has 1 atom stereocenters. The molecule has 48 heavy (non-hydrogen) atoms. The van der Waals surface area contributed by atoms with Crippen LogP contribution in [-0.2, 0) is 39.1 Å². The maximum atomic E-state index is 14.2. The summed E-state index contributed by atoms with van der Waals surface area (Å²) >= 11 is 0. The Hall–Kier alpha value is -4.87. The van der Waals surface area contributed by atoms with E-state index in [-0.39, 0.29) is 43.0 Å². The van der Waals surface area contributed by atoms with Crippen LogP contribution in [0.3, 0.4) is 0 Å². The van der Waals surface area contributed by atoms with Crippen LogP contribution in [0.25, 0.3) is 0 Å². The van der Waals surface area contributed by atoms with Crippen LogP contribution in [0.1, 0.15) is 47.6 Å². The van der Waals surface area contributed by atoms with Crippen LogP contribution in [-0.4, -0.2) is 56.4 Å². The normalized spacial score (nSPS) is 14.8. The maximum absolute atomic E-state index is 14.2. The summed E-state index contributed by atoms with van der Waals surface area (Å²) in [7, 11) is -1.94. The highest BCUT2D eigenvalue weighted by atomic mass is 32.2. The number of nitrogens with one attached hydrogen (secondary N) is 1. The lowest BCUT2D eigenvalue weighted by molar-refractivity contribution is -0.141. The number of sulfonamides is 1. The summed E-state index contributed by atoms with van der Waals surface area (Å²) in [6, 6.07) is 28.0. The molecule has 0 saturated carbocycles. The Kier molecular flexibility index (Phi) is 10.3. The molecule has 0 radical (unpaired) electrons. The Balaban J connectivity index is 1.23. The van der Waals surface area contributed by atoms with E-state index >= 15 is 0 Å². The standard InChI is InChI=1S/C37H39N3O7S/c1-45-31-15-9-28(10-16-31)25-40(35(41)20-14-27-11-17-32(18-12-27)48(43,44)39-21-5-6-22-39)36(30-7-3-2-4-8-30)37(42)38-24-29-13-19-33-34(23-29)47-26-46-33/h2-4,7-13,15-19,23,36H,5-6,14,20-22,24-26H2,1H3,(H,38,42)/t36-/m1/s1. The summed E-state index contributed by atoms with van der Waals surface area (Å²) in [5, 5.41) is 3.04. The van der Waals surface area contributed by atoms with Gasteiger partial charge >= 0.3 is 0 Å². The molecule has 0 aliphatic carbocycles. The Morgan fingerprint density at radius 1 is 0.854 bits per heavy atom. The Bertz CT molecular complexity index is 1830. The van der Waals surface area contributed by atoms with Crippen molar-refractivity contribution in [2.45, 2.75) is 49.7 Å². The molecule has 1 N–H and O–H groups in total. The lowest BCUT2D eigenvalue weighted by atomic mass is 10.0. The van der Waals surface area contributed by atoms with Gasteiger partial charge in [-0.15, -0.1) is 0 Å². The van der Waals surface area contributed by atoms with Crippen molar-refractivity contribution in [3.05, 3.63) is 119 Å². The predicted octanol–water partition coefficient (Wildman–Crippen LogP) is 5.23. The Morgan fingerprint density at radius 3 is 2.23 bits per heavy atom. The minimum Gasteiger partial charge on any atom is -0.497 e. The second kappa shape index (κ2) is 14.9. The number of carbonyl (C=O) groups excluding carboxylic acids is 2. The van der Waals surface area contributed by atoms with Crippen molar-refractivity contribution in [1.29, 1.82) is 0 Å². The molecule has 2 heterocycles. The highest BCUT2D eigenvalue weighted by molar-refractivity contribution is 7.89. The van der Waals surface area contributed by atoms with Crippen molar-refractivity contribution in [2.75, 3.05) is 27.0 Å². The third-order valence-electron chi connectivity index (χ3n) is 8.67. The first kappa shape index (κ1) is 33.0. The van der Waals surface area contributed by atoms with Crippen LogP contribution in [0, 0.1) is 0 Å². The summed E-state index contributed by atoms with van der Waals surface area (Å²) in [6.45, 7) is 1.65. The van der Waals surface area contributed by atoms with E-state index in [1.807, 2.05) is 72.8 Å². The fraction of sp³-hybridized carbons (Fsp3) is 0.297. The molecule has 2 aliphatic rings. The largest absolute Gasteiger partial charge is 0.497 e. The zero-order chi connectivity index (χ0) is 33.5. The number of amides is 2. The van der Waals surface area contributed by atoms with Gasteiger partial charge in [0, 0.05) is 32.6 Å². The molecule has 2 amide bonds. The van der Waals surface area contributed by atoms with Crippen LogP contribution in [0.2, 0.25) is 0 Å². The smallest absolute Gasteiger partial charge is 0.247 e. The number of aryl methyl sites for hydroxylation is 1. The van der Waals surface area contributed by atoms with Gasteiger partial charge < -0.3 is 24.4 Å². The van der Waals surface area contributed by atoms with E-state index in [4.69, 9.17) is 14.2 Å². The van der Waals surface area contributed by atoms with Gasteiger partial charge in [0.1, 0.15) is 11.8 Å². The summed E-state index contributed by atoms with van der Waals surface area (Å²) in [4.78, 5) is 30.1. The number of methoxy groups -OCH3 is 1. The van der Waals surface area contributed by atoms with Gasteiger partial charge in [0.25, 0.3) is 0 Å². The van der Waals surface area contributed by atoms with Crippen molar-refractivity contribution in [2.24, 2.45) is 0 Å². The average Bonchev–Trinajstić information content (AvgIpc) is 3.84. The van der Waals surface area contributed by atoms with Crippen LogP contribution in [0.4, 0.5) is 0 Å². The summed E-state index contributed by atoms with van der Waals surface area (Å²) in [5.74, 6) is 1.43. The molecule has 11 heteroatoms. The molecule has 4 aromatic rings. The quantitative estimate of drug-likeness (QED) is 0.208. The number of rotatable bonds is 13. The zero-order valence-corrected chi connectivity index (χ0v) is 27.7. The van der Waals surface area contributed by atoms with Gasteiger partial charge in [-0.2, -0.15) is 4.31 Å². The Morgan fingerprint density at radius 2 is 1.52 bits per heavy atom. The maximum Gasteiger partial charge on any atom is 0.247 e. The van der Waals surface area contributed by atoms with E-state index in [9.17, 15) is 18.0 Å². The molecule has 0 spiro atoms. The van der Waals surface area contributed by atoms with Crippen molar-refractivity contribution in [3.8, 4) is 17.2 Å². The monoisotopic (exact) mass is 669 g/mol. The SMILES string of the molecule is COc1ccc(CN(C(=O)CCc2ccc(S(=O)(=O)N3CCCC3)cc2)[C@@H](C(=O)NCc2ccc3c(c2)OCO3)c2ccccc2)cc1. The van der Waals surface area contributed by atoms with E-state index < -0.39 is 16.1 Å². The number of fused-ring (bicyclic) bond motifs is 1. The number of carbonyl (C=O) groups is 2. The molecule has 250 valence electrons. The average molecular weight is 670 g/mol. The minimum absolute atomic E-state index is 0.118. The van der Waals surface area contributed by atoms with Gasteiger partial charge in [-0.25, -0.2) is 8.42 Å². The third kappa shape index (κ3) is 7.64. The first-order chi connectivity index (χ1) is 23.3. The first-order valence-corrected chi connectivity index (χ1v) is 17.5. The van der Waals surface area contributed by atoms with Crippen molar-refractivity contribution in [3.63, 3.8) is 0 Å². The van der Waals surface area contributed by atoms with Crippen molar-refractivity contribution < 1.29 is 32.2 Å². The second-order valence-electron chi connectivity index (χ2n) is 11.8. The second-order valence-corrected chi connectivity index (χ2v) is 13.8. The summed E-state index contributed by atoms with van der Waals surface area (Å²) < 4.78 is 43.7. The molecule has 4 aromatic carbocycles. The predicted molar refractivity (Wildman–Crippen MR) is 180 cm³/mol. The molecular weight excluding hydrogens is 630 g/mol. The van der Waals surface area contributed by atoms with Gasteiger partial charge in [-0.1, -0.05) is 60.7 Å². The van der Waals surface area contributed by atoms with Crippen LogP contribution >= 0.6 is 0 Å². The van der Waals surface area contributed by atoms with Gasteiger partial charge in [-0.3, -0.25) is 9.59 Å². The highest BCUT2D eigenvalue weighted by Crippen LogP contribution is 2.33. The summed E-state index contributed by atoms with van der Waals surface area (Å²) in [6.07, 6.45) is 2.23. The number of ether oxygens (including phenoxy) is 3. The third-order valence-corrected chi connectivity index (χ3v) is 10.6. The van der Waals surface area contributed by atoms with E-state index in [2.05, 4.69) is 5.32 Å². The van der Waals surface area contributed by atoms with Crippen molar-refractivity contribution in [1.82, 2.24) is 14.5 Å². The molecule has 0 aromatic heterocycles. The van der Waals surface area contributed by atoms with Crippen LogP contribution < -0.4 is 19.5 Å². The molecule has 10 nitrogen and oxygen atoms in total. The number of hydrogen-bond donors (Lipinski definition) is 1. The van der Waals surface area contributed by atoms with Crippen LogP contribution in [0.15, 0.2) is 102 Å². The molecule has 0 bridgehead atoms. The summed E-state index contributed by atoms with van der Waals surface area (Å²) in [5.41, 5.74) is 3.18. The number of nitrogens with zero attached hydrogens (tertiary/aromatic N) is 2. The molecule has 1 saturated heterocycles. The fourth-order valence-corrected chi connectivity index (χ4v) is 7.51. The van der Waals surface area contributed by atoms with Gasteiger partial charge in [-0.05, 0) is 77.9 Å². The van der Waals surface area contributed by atoms with E-state index in [1.54, 1.807) is 36.3 Å². The number of benzene rings is 4. The lowest BCUT2D eigenvalue weighted by Gasteiger charge is -2.32.